The van der Waals surface area contributed by atoms with Crippen LogP contribution in [0.25, 0.3) is 0 Å². The molecule has 0 radical (unpaired) electrons. The topological polar surface area (TPSA) is 58.6 Å². The van der Waals surface area contributed by atoms with Crippen molar-refractivity contribution >= 4 is 5.97 Å². The zero-order chi connectivity index (χ0) is 9.14. The lowest BCUT2D eigenvalue weighted by Gasteiger charge is -2.16. The van der Waals surface area contributed by atoms with Crippen molar-refractivity contribution in [3.8, 4) is 0 Å². The molecule has 1 aliphatic heterocycles. The number of carbonyl (C=O) groups excluding carboxylic acids is 1. The molecular weight excluding hydrogens is 158 g/mol. The molecule has 3 atom stereocenters. The average molecular weight is 173 g/mol. The molecule has 0 aliphatic carbocycles. The number of aliphatic hydroxyl groups is 1. The smallest absolute Gasteiger partial charge is 0.309 e. The third kappa shape index (κ3) is 1.95. The maximum absolute atomic E-state index is 11.1. The van der Waals surface area contributed by atoms with Crippen LogP contribution in [0.1, 0.15) is 13.3 Å². The van der Waals surface area contributed by atoms with Gasteiger partial charge in [0, 0.05) is 12.6 Å². The number of rotatable bonds is 2. The Morgan fingerprint density at radius 1 is 1.75 bits per heavy atom. The lowest BCUT2D eigenvalue weighted by Crippen LogP contribution is -2.34. The number of carbonyl (C=O) groups is 1. The number of esters is 1. The third-order valence-electron chi connectivity index (χ3n) is 2.32. The van der Waals surface area contributed by atoms with Crippen molar-refractivity contribution in [1.82, 2.24) is 5.32 Å². The number of ether oxygens (including phenoxy) is 1. The predicted molar refractivity (Wildman–Crippen MR) is 43.6 cm³/mol. The van der Waals surface area contributed by atoms with Crippen LogP contribution in [0.15, 0.2) is 0 Å². The molecule has 0 bridgehead atoms. The van der Waals surface area contributed by atoms with Crippen molar-refractivity contribution in [3.63, 3.8) is 0 Å². The van der Waals surface area contributed by atoms with Crippen molar-refractivity contribution < 1.29 is 14.6 Å². The third-order valence-corrected chi connectivity index (χ3v) is 2.32. The highest BCUT2D eigenvalue weighted by atomic mass is 16.5. The van der Waals surface area contributed by atoms with E-state index in [4.69, 9.17) is 0 Å². The Balaban J connectivity index is 2.42. The van der Waals surface area contributed by atoms with Crippen LogP contribution >= 0.6 is 0 Å². The molecule has 2 N–H and O–H groups in total. The Morgan fingerprint density at radius 2 is 2.42 bits per heavy atom. The molecule has 1 aliphatic rings. The van der Waals surface area contributed by atoms with Crippen molar-refractivity contribution in [2.24, 2.45) is 5.92 Å². The fourth-order valence-corrected chi connectivity index (χ4v) is 1.48. The monoisotopic (exact) mass is 173 g/mol. The molecule has 0 saturated carbocycles. The van der Waals surface area contributed by atoms with Gasteiger partial charge in [-0.05, 0) is 6.42 Å². The highest BCUT2D eigenvalue weighted by Crippen LogP contribution is 2.15. The summed E-state index contributed by atoms with van der Waals surface area (Å²) in [5, 5.41) is 12.3. The number of hydrogen-bond donors (Lipinski definition) is 2. The summed E-state index contributed by atoms with van der Waals surface area (Å²) in [6.07, 6.45) is 0.318. The van der Waals surface area contributed by atoms with Gasteiger partial charge in [0.25, 0.3) is 0 Å². The zero-order valence-electron chi connectivity index (χ0n) is 7.41. The van der Waals surface area contributed by atoms with Gasteiger partial charge in [0.1, 0.15) is 0 Å². The first-order valence-corrected chi connectivity index (χ1v) is 4.14. The molecule has 0 aromatic rings. The second-order valence-electron chi connectivity index (χ2n) is 3.22. The number of nitrogens with one attached hydrogen (secondary N) is 1. The Hall–Kier alpha value is -0.610. The van der Waals surface area contributed by atoms with E-state index in [1.165, 1.54) is 7.11 Å². The van der Waals surface area contributed by atoms with Crippen LogP contribution < -0.4 is 5.32 Å². The average Bonchev–Trinajstić information content (AvgIpc) is 2.49. The van der Waals surface area contributed by atoms with Crippen molar-refractivity contribution in [3.05, 3.63) is 0 Å². The minimum Gasteiger partial charge on any atom is -0.469 e. The molecule has 1 fully saturated rings. The second-order valence-corrected chi connectivity index (χ2v) is 3.22. The lowest BCUT2D eigenvalue weighted by atomic mass is 10.0. The van der Waals surface area contributed by atoms with Gasteiger partial charge in [0.2, 0.25) is 0 Å². The van der Waals surface area contributed by atoms with E-state index in [0.29, 0.717) is 13.0 Å². The van der Waals surface area contributed by atoms with Crippen LogP contribution in [0.5, 0.6) is 0 Å². The Labute approximate surface area is 71.9 Å². The van der Waals surface area contributed by atoms with E-state index in [0.717, 1.165) is 0 Å². The van der Waals surface area contributed by atoms with Gasteiger partial charge in [0.15, 0.2) is 0 Å². The van der Waals surface area contributed by atoms with Gasteiger partial charge in [0.05, 0.1) is 19.1 Å². The molecule has 4 heteroatoms. The molecule has 0 aromatic carbocycles. The van der Waals surface area contributed by atoms with E-state index >= 15 is 0 Å². The van der Waals surface area contributed by atoms with Gasteiger partial charge in [-0.2, -0.15) is 0 Å². The summed E-state index contributed by atoms with van der Waals surface area (Å²) in [6.45, 7) is 2.38. The number of aliphatic hydroxyl groups excluding tert-OH is 1. The van der Waals surface area contributed by atoms with E-state index in [2.05, 4.69) is 10.1 Å². The van der Waals surface area contributed by atoms with Crippen molar-refractivity contribution in [2.75, 3.05) is 13.7 Å². The first-order chi connectivity index (χ1) is 5.65. The van der Waals surface area contributed by atoms with Crippen LogP contribution in [-0.4, -0.2) is 36.9 Å². The van der Waals surface area contributed by atoms with Crippen LogP contribution in [0.4, 0.5) is 0 Å². The highest BCUT2D eigenvalue weighted by Gasteiger charge is 2.31. The Bertz CT molecular complexity index is 172. The number of β-amino-alcohol motifs (C(OH)–C–C–N with tert-alkyl or cyclic N) is 1. The normalized spacial score (nSPS) is 31.6. The molecule has 1 rings (SSSR count). The zero-order valence-corrected chi connectivity index (χ0v) is 7.41. The molecule has 4 nitrogen and oxygen atoms in total. The van der Waals surface area contributed by atoms with Crippen LogP contribution in [0.3, 0.4) is 0 Å². The first kappa shape index (κ1) is 9.48. The maximum atomic E-state index is 11.1. The summed E-state index contributed by atoms with van der Waals surface area (Å²) >= 11 is 0. The molecule has 1 unspecified atom stereocenters. The second kappa shape index (κ2) is 3.87. The minimum atomic E-state index is -0.317. The van der Waals surface area contributed by atoms with Gasteiger partial charge in [-0.3, -0.25) is 4.79 Å². The van der Waals surface area contributed by atoms with E-state index in [-0.39, 0.29) is 24.0 Å². The van der Waals surface area contributed by atoms with E-state index < -0.39 is 0 Å². The van der Waals surface area contributed by atoms with Gasteiger partial charge in [-0.15, -0.1) is 0 Å². The minimum absolute atomic E-state index is 0.0625. The van der Waals surface area contributed by atoms with Crippen LogP contribution in [0, 0.1) is 5.92 Å². The number of hydrogen-bond acceptors (Lipinski definition) is 4. The van der Waals surface area contributed by atoms with Crippen LogP contribution in [-0.2, 0) is 9.53 Å². The molecule has 12 heavy (non-hydrogen) atoms. The molecule has 1 saturated heterocycles. The van der Waals surface area contributed by atoms with Crippen molar-refractivity contribution in [2.45, 2.75) is 25.5 Å². The fraction of sp³-hybridized carbons (Fsp3) is 0.875. The standard InChI is InChI=1S/C8H15NO3/c1-5(8(11)12-2)7-3-6(10)4-9-7/h5-7,9-10H,3-4H2,1-2H3/t5?,6-,7+/m1/s1. The maximum Gasteiger partial charge on any atom is 0.309 e. The Kier molecular flexibility index (Phi) is 3.05. The van der Waals surface area contributed by atoms with Gasteiger partial charge >= 0.3 is 5.97 Å². The van der Waals surface area contributed by atoms with Crippen LogP contribution in [0.2, 0.25) is 0 Å². The van der Waals surface area contributed by atoms with Gasteiger partial charge in [-0.1, -0.05) is 6.92 Å². The highest BCUT2D eigenvalue weighted by molar-refractivity contribution is 5.72. The number of methoxy groups -OCH3 is 1. The van der Waals surface area contributed by atoms with Crippen molar-refractivity contribution in [1.29, 1.82) is 0 Å². The molecule has 0 spiro atoms. The Morgan fingerprint density at radius 3 is 2.83 bits per heavy atom. The summed E-state index contributed by atoms with van der Waals surface area (Å²) in [5.41, 5.74) is 0. The quantitative estimate of drug-likeness (QED) is 0.554. The molecular formula is C8H15NO3. The van der Waals surface area contributed by atoms with E-state index in [1.54, 1.807) is 0 Å². The fourth-order valence-electron chi connectivity index (χ4n) is 1.48. The summed E-state index contributed by atoms with van der Waals surface area (Å²) in [5.74, 6) is -0.395. The molecule has 0 aromatic heterocycles. The molecule has 70 valence electrons. The summed E-state index contributed by atoms with van der Waals surface area (Å²) in [4.78, 5) is 11.1. The predicted octanol–water partition coefficient (Wildman–Crippen LogP) is -0.482. The largest absolute Gasteiger partial charge is 0.469 e. The molecule has 1 heterocycles. The summed E-state index contributed by atoms with van der Waals surface area (Å²) in [7, 11) is 1.38. The van der Waals surface area contributed by atoms with Gasteiger partial charge < -0.3 is 15.2 Å². The summed E-state index contributed by atoms with van der Waals surface area (Å²) in [6, 6.07) is 0.0625. The summed E-state index contributed by atoms with van der Waals surface area (Å²) < 4.78 is 4.60. The SMILES string of the molecule is COC(=O)C(C)[C@@H]1C[C@@H](O)CN1. The molecule has 0 amide bonds. The first-order valence-electron chi connectivity index (χ1n) is 4.14. The van der Waals surface area contributed by atoms with E-state index in [1.807, 2.05) is 6.92 Å². The van der Waals surface area contributed by atoms with Gasteiger partial charge in [-0.25, -0.2) is 0 Å². The lowest BCUT2D eigenvalue weighted by molar-refractivity contribution is -0.145. The van der Waals surface area contributed by atoms with E-state index in [9.17, 15) is 9.90 Å².